The summed E-state index contributed by atoms with van der Waals surface area (Å²) in [5.74, 6) is 0. The maximum atomic E-state index is 8.39. The van der Waals surface area contributed by atoms with Crippen LogP contribution in [0.1, 0.15) is 1.43 Å². The van der Waals surface area contributed by atoms with Crippen molar-refractivity contribution in [2.24, 2.45) is 0 Å². The fraction of sp³-hybridized carbons (Fsp3) is 1.00. The highest BCUT2D eigenvalue weighted by atomic mass is 35.5. The van der Waals surface area contributed by atoms with Gasteiger partial charge < -0.3 is 9.59 Å². The largest absolute Gasteiger partial charge is 1.00 e. The topological polar surface area (TPSA) is 20.2 Å². The second-order valence-corrected chi connectivity index (χ2v) is 2.74. The number of nitrogens with zero attached hydrogens (tertiary/aromatic N) is 1. The molecule has 0 spiro atoms. The Morgan fingerprint density at radius 2 is 1.75 bits per heavy atom. The molecule has 0 unspecified atom stereocenters. The van der Waals surface area contributed by atoms with Crippen LogP contribution >= 0.6 is 12.4 Å². The van der Waals surface area contributed by atoms with E-state index < -0.39 is 0 Å². The van der Waals surface area contributed by atoms with Crippen LogP contribution in [-0.2, 0) is 0 Å². The van der Waals surface area contributed by atoms with Crippen LogP contribution in [0.15, 0.2) is 0 Å². The molecule has 0 amide bonds. The summed E-state index contributed by atoms with van der Waals surface area (Å²) < 4.78 is 0.844. The number of halogens is 1. The number of likely N-dealkylation sites (N-methyl/N-ethyl adjacent to an activating group) is 1. The molecule has 0 rings (SSSR count). The molecule has 0 aliphatic rings. The van der Waals surface area contributed by atoms with E-state index in [1.165, 1.54) is 0 Å². The van der Waals surface area contributed by atoms with Crippen molar-refractivity contribution in [3.63, 3.8) is 0 Å². The van der Waals surface area contributed by atoms with Crippen LogP contribution < -0.4 is 0 Å². The maximum Gasteiger partial charge on any atom is 1.00 e. The van der Waals surface area contributed by atoms with Crippen molar-refractivity contribution in [3.8, 4) is 0 Å². The first-order valence-corrected chi connectivity index (χ1v) is 2.47. The van der Waals surface area contributed by atoms with E-state index in [9.17, 15) is 0 Å². The minimum absolute atomic E-state index is 0. The van der Waals surface area contributed by atoms with E-state index >= 15 is 0 Å². The van der Waals surface area contributed by atoms with E-state index in [-0.39, 0.29) is 20.4 Å². The number of aliphatic hydroxyl groups excluding tert-OH is 1. The number of hydrogen-bond acceptors (Lipinski definition) is 1. The number of aliphatic hydroxyl groups is 1. The van der Waals surface area contributed by atoms with Crippen molar-refractivity contribution in [1.82, 2.24) is 0 Å². The van der Waals surface area contributed by atoms with Gasteiger partial charge in [-0.25, -0.2) is 0 Å². The zero-order chi connectivity index (χ0) is 5.91. The molecule has 8 heavy (non-hydrogen) atoms. The zero-order valence-electron chi connectivity index (χ0n) is 6.72. The van der Waals surface area contributed by atoms with Crippen LogP contribution in [0, 0.1) is 0 Å². The van der Waals surface area contributed by atoms with Crippen LogP contribution in [0.4, 0.5) is 0 Å². The van der Waals surface area contributed by atoms with Crippen molar-refractivity contribution in [2.45, 2.75) is 0 Å². The summed E-state index contributed by atoms with van der Waals surface area (Å²) in [4.78, 5) is 0. The predicted molar refractivity (Wildman–Crippen MR) is 38.3 cm³/mol. The fourth-order valence-electron chi connectivity index (χ4n) is 0.300. The lowest BCUT2D eigenvalue weighted by Gasteiger charge is -2.21. The van der Waals surface area contributed by atoms with E-state index in [1.807, 2.05) is 0 Å². The van der Waals surface area contributed by atoms with E-state index in [0.717, 1.165) is 11.0 Å². The van der Waals surface area contributed by atoms with Crippen LogP contribution in [0.3, 0.4) is 0 Å². The molecule has 1 N–H and O–H groups in total. The summed E-state index contributed by atoms with van der Waals surface area (Å²) in [6.07, 6.45) is 0. The summed E-state index contributed by atoms with van der Waals surface area (Å²) in [5.41, 5.74) is 0. The van der Waals surface area contributed by atoms with Crippen molar-refractivity contribution < 1.29 is 11.0 Å². The minimum Gasteiger partial charge on any atom is -0.391 e. The van der Waals surface area contributed by atoms with Gasteiger partial charge in [-0.3, -0.25) is 0 Å². The van der Waals surface area contributed by atoms with Crippen LogP contribution in [-0.4, -0.2) is 43.9 Å². The van der Waals surface area contributed by atoms with Gasteiger partial charge in [0.1, 0.15) is 6.54 Å². The molecule has 0 heterocycles. The van der Waals surface area contributed by atoms with E-state index in [2.05, 4.69) is 21.1 Å². The highest BCUT2D eigenvalue weighted by molar-refractivity contribution is 5.85. The van der Waals surface area contributed by atoms with Crippen molar-refractivity contribution in [1.29, 1.82) is 0 Å². The number of quaternary nitrogens is 1. The SMILES string of the molecule is C[N+](C)(C)CCO.Cl.[H+]. The smallest absolute Gasteiger partial charge is 0.391 e. The normalized spacial score (nSPS) is 10.5. The van der Waals surface area contributed by atoms with Crippen molar-refractivity contribution >= 4 is 12.4 Å². The Hall–Kier alpha value is 0.210. The average molecular weight is 142 g/mol. The molecule has 0 atom stereocenters. The highest BCUT2D eigenvalue weighted by Crippen LogP contribution is 1.84. The molecule has 0 saturated carbocycles. The third-order valence-corrected chi connectivity index (χ3v) is 0.771. The van der Waals surface area contributed by atoms with Gasteiger partial charge in [0.2, 0.25) is 0 Å². The molecule has 0 aliphatic carbocycles. The molecule has 2 nitrogen and oxygen atoms in total. The Balaban J connectivity index is -0.000000180. The Kier molecular flexibility index (Phi) is 5.71. The highest BCUT2D eigenvalue weighted by Gasteiger charge is 2.02. The van der Waals surface area contributed by atoms with Gasteiger partial charge in [-0.1, -0.05) is 0 Å². The van der Waals surface area contributed by atoms with E-state index in [1.54, 1.807) is 0 Å². The molecular weight excluding hydrogens is 126 g/mol. The van der Waals surface area contributed by atoms with Crippen LogP contribution in [0.25, 0.3) is 0 Å². The van der Waals surface area contributed by atoms with Gasteiger partial charge in [-0.15, -0.1) is 12.4 Å². The zero-order valence-corrected chi connectivity index (χ0v) is 6.53. The molecule has 0 fully saturated rings. The Labute approximate surface area is 58.6 Å². The van der Waals surface area contributed by atoms with Crippen LogP contribution in [0.5, 0.6) is 0 Å². The Morgan fingerprint density at radius 1 is 1.38 bits per heavy atom. The predicted octanol–water partition coefficient (Wildman–Crippen LogP) is 0.219. The molecule has 0 aromatic heterocycles. The monoisotopic (exact) mass is 141 g/mol. The van der Waals surface area contributed by atoms with Gasteiger partial charge in [-0.05, 0) is 0 Å². The lowest BCUT2D eigenvalue weighted by Crippen LogP contribution is -2.36. The average Bonchev–Trinajstić information content (AvgIpc) is 1.30. The Bertz CT molecular complexity index is 55.4. The molecule has 0 aliphatic heterocycles. The Morgan fingerprint density at radius 3 is 1.75 bits per heavy atom. The second-order valence-electron chi connectivity index (χ2n) is 2.74. The third-order valence-electron chi connectivity index (χ3n) is 0.771. The standard InChI is InChI=1S/C5H14NO.ClH/c1-6(2,3)4-5-7;/h7H,4-5H2,1-3H3;1H/q+1;/p+1. The maximum absolute atomic E-state index is 8.39. The molecule has 3 heteroatoms. The molecule has 0 radical (unpaired) electrons. The molecular formula is C5H16ClNO+2. The summed E-state index contributed by atoms with van der Waals surface area (Å²) in [6.45, 7) is 1.11. The first-order chi connectivity index (χ1) is 3.06. The summed E-state index contributed by atoms with van der Waals surface area (Å²) in [6, 6.07) is 0. The number of hydrogen-bond donors (Lipinski definition) is 1. The van der Waals surface area contributed by atoms with E-state index in [4.69, 9.17) is 5.11 Å². The first kappa shape index (κ1) is 11.1. The first-order valence-electron chi connectivity index (χ1n) is 2.47. The summed E-state index contributed by atoms with van der Waals surface area (Å²) >= 11 is 0. The lowest BCUT2D eigenvalue weighted by atomic mass is 10.5. The molecule has 0 saturated heterocycles. The van der Waals surface area contributed by atoms with Gasteiger partial charge >= 0.3 is 1.43 Å². The quantitative estimate of drug-likeness (QED) is 0.546. The van der Waals surface area contributed by atoms with Gasteiger partial charge in [0, 0.05) is 0 Å². The molecule has 52 valence electrons. The third kappa shape index (κ3) is 9.51. The van der Waals surface area contributed by atoms with Crippen molar-refractivity contribution in [2.75, 3.05) is 34.3 Å². The van der Waals surface area contributed by atoms with E-state index in [0.29, 0.717) is 0 Å². The summed E-state index contributed by atoms with van der Waals surface area (Å²) in [5, 5.41) is 8.39. The minimum atomic E-state index is 0. The van der Waals surface area contributed by atoms with Gasteiger partial charge in [0.25, 0.3) is 0 Å². The lowest BCUT2D eigenvalue weighted by molar-refractivity contribution is -0.870. The second kappa shape index (κ2) is 4.13. The summed E-state index contributed by atoms with van der Waals surface area (Å²) in [7, 11) is 6.16. The molecule has 0 aromatic carbocycles. The van der Waals surface area contributed by atoms with Gasteiger partial charge in [-0.2, -0.15) is 0 Å². The number of rotatable bonds is 2. The van der Waals surface area contributed by atoms with Gasteiger partial charge in [0.05, 0.1) is 27.7 Å². The van der Waals surface area contributed by atoms with Crippen LogP contribution in [0.2, 0.25) is 0 Å². The molecule has 0 bridgehead atoms. The fourth-order valence-corrected chi connectivity index (χ4v) is 0.300. The van der Waals surface area contributed by atoms with Crippen molar-refractivity contribution in [3.05, 3.63) is 0 Å². The molecule has 0 aromatic rings. The van der Waals surface area contributed by atoms with Gasteiger partial charge in [0.15, 0.2) is 0 Å².